The van der Waals surface area contributed by atoms with Crippen molar-refractivity contribution in [1.82, 2.24) is 4.98 Å². The second-order valence-electron chi connectivity index (χ2n) is 3.77. The number of halogens is 2. The first-order valence-corrected chi connectivity index (χ1v) is 6.38. The number of aromatic nitrogens is 1. The van der Waals surface area contributed by atoms with Crippen molar-refractivity contribution in [2.75, 3.05) is 0 Å². The summed E-state index contributed by atoms with van der Waals surface area (Å²) in [5, 5.41) is 10.8. The van der Waals surface area contributed by atoms with Crippen molar-refractivity contribution in [1.29, 1.82) is 0 Å². The summed E-state index contributed by atoms with van der Waals surface area (Å²) in [6.45, 7) is 1.90. The lowest BCUT2D eigenvalue weighted by Crippen LogP contribution is -1.92. The molecule has 0 saturated heterocycles. The molecule has 0 radical (unpaired) electrons. The lowest BCUT2D eigenvalue weighted by molar-refractivity contribution is -0.384. The lowest BCUT2D eigenvalue weighted by Gasteiger charge is -2.08. The minimum Gasteiger partial charge on any atom is -0.436 e. The third-order valence-corrected chi connectivity index (χ3v) is 3.14. The number of aryl methyl sites for hydroxylation is 1. The molecule has 0 aliphatic heterocycles. The fourth-order valence-corrected chi connectivity index (χ4v) is 2.14. The van der Waals surface area contributed by atoms with Crippen LogP contribution in [0.4, 0.5) is 5.69 Å². The number of hydrogen-bond acceptors (Lipinski definition) is 4. The van der Waals surface area contributed by atoms with Crippen LogP contribution >= 0.6 is 27.5 Å². The van der Waals surface area contributed by atoms with E-state index in [9.17, 15) is 10.1 Å². The molecule has 0 bridgehead atoms. The van der Waals surface area contributed by atoms with Gasteiger partial charge in [-0.25, -0.2) is 4.98 Å². The molecule has 2 aromatic rings. The number of benzene rings is 1. The highest BCUT2D eigenvalue weighted by molar-refractivity contribution is 9.10. The Balaban J connectivity index is 2.31. The van der Waals surface area contributed by atoms with E-state index in [2.05, 4.69) is 20.9 Å². The molecule has 0 N–H and O–H groups in total. The maximum atomic E-state index is 10.6. The summed E-state index contributed by atoms with van der Waals surface area (Å²) in [6, 6.07) is 5.85. The van der Waals surface area contributed by atoms with Gasteiger partial charge in [-0.15, -0.1) is 0 Å². The van der Waals surface area contributed by atoms with E-state index in [-0.39, 0.29) is 10.7 Å². The standard InChI is InChI=1S/C12H8BrClN2O3/c1-7-4-9(13)12(15-6-7)19-11-3-2-8(16(17)18)5-10(11)14/h2-6H,1H3. The summed E-state index contributed by atoms with van der Waals surface area (Å²) in [5.74, 6) is 0.658. The van der Waals surface area contributed by atoms with Crippen LogP contribution in [0.1, 0.15) is 5.56 Å². The first kappa shape index (κ1) is 13.8. The second-order valence-corrected chi connectivity index (χ2v) is 5.04. The molecule has 0 aliphatic rings. The normalized spacial score (nSPS) is 10.3. The van der Waals surface area contributed by atoms with Crippen molar-refractivity contribution in [3.63, 3.8) is 0 Å². The number of nitro groups is 1. The highest BCUT2D eigenvalue weighted by Crippen LogP contribution is 2.34. The predicted molar refractivity (Wildman–Crippen MR) is 74.9 cm³/mol. The first-order valence-electron chi connectivity index (χ1n) is 5.21. The third-order valence-electron chi connectivity index (χ3n) is 2.28. The molecular weight excluding hydrogens is 335 g/mol. The van der Waals surface area contributed by atoms with E-state index in [1.807, 2.05) is 13.0 Å². The van der Waals surface area contributed by atoms with Gasteiger partial charge in [-0.2, -0.15) is 0 Å². The van der Waals surface area contributed by atoms with Crippen molar-refractivity contribution in [3.8, 4) is 11.6 Å². The van der Waals surface area contributed by atoms with E-state index in [1.165, 1.54) is 18.2 Å². The Hall–Kier alpha value is -1.66. The molecule has 0 fully saturated rings. The average molecular weight is 344 g/mol. The zero-order valence-corrected chi connectivity index (χ0v) is 12.1. The van der Waals surface area contributed by atoms with Gasteiger partial charge in [0.05, 0.1) is 14.4 Å². The van der Waals surface area contributed by atoms with Gasteiger partial charge in [0.25, 0.3) is 5.69 Å². The fraction of sp³-hybridized carbons (Fsp3) is 0.0833. The Morgan fingerprint density at radius 2 is 2.16 bits per heavy atom. The zero-order valence-electron chi connectivity index (χ0n) is 9.76. The van der Waals surface area contributed by atoms with Crippen LogP contribution in [-0.4, -0.2) is 9.91 Å². The van der Waals surface area contributed by atoms with Gasteiger partial charge in [0.1, 0.15) is 5.75 Å². The van der Waals surface area contributed by atoms with Crippen molar-refractivity contribution in [2.45, 2.75) is 6.92 Å². The van der Waals surface area contributed by atoms with Gasteiger partial charge in [0, 0.05) is 18.3 Å². The molecule has 1 aromatic carbocycles. The molecule has 0 aliphatic carbocycles. The van der Waals surface area contributed by atoms with Crippen molar-refractivity contribution >= 4 is 33.2 Å². The topological polar surface area (TPSA) is 65.3 Å². The minimum atomic E-state index is -0.518. The number of rotatable bonds is 3. The van der Waals surface area contributed by atoms with Crippen molar-refractivity contribution in [2.24, 2.45) is 0 Å². The Morgan fingerprint density at radius 1 is 1.42 bits per heavy atom. The maximum absolute atomic E-state index is 10.6. The van der Waals surface area contributed by atoms with Crippen LogP contribution in [0, 0.1) is 17.0 Å². The van der Waals surface area contributed by atoms with Crippen molar-refractivity contribution < 1.29 is 9.66 Å². The quantitative estimate of drug-likeness (QED) is 0.607. The average Bonchev–Trinajstić information content (AvgIpc) is 2.34. The monoisotopic (exact) mass is 342 g/mol. The number of ether oxygens (including phenoxy) is 1. The molecule has 1 heterocycles. The molecule has 1 aromatic heterocycles. The highest BCUT2D eigenvalue weighted by atomic mass is 79.9. The lowest BCUT2D eigenvalue weighted by atomic mass is 10.3. The van der Waals surface area contributed by atoms with Crippen LogP contribution in [0.15, 0.2) is 34.9 Å². The van der Waals surface area contributed by atoms with Crippen LogP contribution in [0.5, 0.6) is 11.6 Å². The fourth-order valence-electron chi connectivity index (χ4n) is 1.39. The van der Waals surface area contributed by atoms with Gasteiger partial charge in [0.15, 0.2) is 0 Å². The minimum absolute atomic E-state index is 0.0896. The van der Waals surface area contributed by atoms with E-state index in [0.717, 1.165) is 5.56 Å². The van der Waals surface area contributed by atoms with E-state index in [4.69, 9.17) is 16.3 Å². The summed E-state index contributed by atoms with van der Waals surface area (Å²) < 4.78 is 6.20. The van der Waals surface area contributed by atoms with Crippen LogP contribution in [-0.2, 0) is 0 Å². The van der Waals surface area contributed by atoms with E-state index in [1.54, 1.807) is 6.20 Å². The molecule has 7 heteroatoms. The van der Waals surface area contributed by atoms with Gasteiger partial charge in [-0.1, -0.05) is 11.6 Å². The Morgan fingerprint density at radius 3 is 2.74 bits per heavy atom. The molecule has 0 unspecified atom stereocenters. The molecule has 0 atom stereocenters. The van der Waals surface area contributed by atoms with E-state index >= 15 is 0 Å². The maximum Gasteiger partial charge on any atom is 0.271 e. The third kappa shape index (κ3) is 3.21. The van der Waals surface area contributed by atoms with Gasteiger partial charge < -0.3 is 4.74 Å². The first-order chi connectivity index (χ1) is 8.97. The Kier molecular flexibility index (Phi) is 4.01. The largest absolute Gasteiger partial charge is 0.436 e. The number of nitrogens with zero attached hydrogens (tertiary/aromatic N) is 2. The summed E-state index contributed by atoms with van der Waals surface area (Å²) in [6.07, 6.45) is 1.65. The van der Waals surface area contributed by atoms with Crippen molar-refractivity contribution in [3.05, 3.63) is 55.6 Å². The summed E-state index contributed by atoms with van der Waals surface area (Å²) in [5.41, 5.74) is 0.891. The Bertz CT molecular complexity index is 649. The van der Waals surface area contributed by atoms with Crippen LogP contribution in [0.3, 0.4) is 0 Å². The van der Waals surface area contributed by atoms with Gasteiger partial charge in [-0.3, -0.25) is 10.1 Å². The highest BCUT2D eigenvalue weighted by Gasteiger charge is 2.12. The van der Waals surface area contributed by atoms with E-state index < -0.39 is 4.92 Å². The van der Waals surface area contributed by atoms with E-state index in [0.29, 0.717) is 16.1 Å². The van der Waals surface area contributed by atoms with Gasteiger partial charge in [-0.05, 0) is 40.5 Å². The van der Waals surface area contributed by atoms with Crippen LogP contribution in [0.2, 0.25) is 5.02 Å². The Labute approximate surface area is 122 Å². The summed E-state index contributed by atoms with van der Waals surface area (Å²) >= 11 is 9.26. The molecule has 19 heavy (non-hydrogen) atoms. The molecule has 0 spiro atoms. The number of pyridine rings is 1. The second kappa shape index (κ2) is 5.54. The molecule has 0 saturated carbocycles. The molecule has 5 nitrogen and oxygen atoms in total. The SMILES string of the molecule is Cc1cnc(Oc2ccc([N+](=O)[O-])cc2Cl)c(Br)c1. The van der Waals surface area contributed by atoms with Crippen LogP contribution < -0.4 is 4.74 Å². The van der Waals surface area contributed by atoms with Gasteiger partial charge >= 0.3 is 0 Å². The molecule has 2 rings (SSSR count). The molecule has 0 amide bonds. The van der Waals surface area contributed by atoms with Crippen LogP contribution in [0.25, 0.3) is 0 Å². The number of hydrogen-bond donors (Lipinski definition) is 0. The number of non-ortho nitro benzene ring substituents is 1. The number of nitro benzene ring substituents is 1. The molecular formula is C12H8BrClN2O3. The smallest absolute Gasteiger partial charge is 0.271 e. The zero-order chi connectivity index (χ0) is 14.0. The summed E-state index contributed by atoms with van der Waals surface area (Å²) in [7, 11) is 0. The van der Waals surface area contributed by atoms with Gasteiger partial charge in [0.2, 0.25) is 5.88 Å². The molecule has 98 valence electrons. The predicted octanol–water partition coefficient (Wildman–Crippen LogP) is 4.51. The summed E-state index contributed by atoms with van der Waals surface area (Å²) in [4.78, 5) is 14.2.